The number of hydrogen-bond donors (Lipinski definition) is 0. The first-order valence-electron chi connectivity index (χ1n) is 18.8. The first-order valence-corrected chi connectivity index (χ1v) is 18.8. The Kier molecular flexibility index (Phi) is 7.64. The summed E-state index contributed by atoms with van der Waals surface area (Å²) in [4.78, 5) is 31.4. The second kappa shape index (κ2) is 12.8. The second-order valence-corrected chi connectivity index (χ2v) is 15.4. The molecule has 0 saturated carbocycles. The average Bonchev–Trinajstić information content (AvgIpc) is 3.25. The van der Waals surface area contributed by atoms with Crippen molar-refractivity contribution in [2.24, 2.45) is 0 Å². The van der Waals surface area contributed by atoms with E-state index in [2.05, 4.69) is 201 Å². The van der Waals surface area contributed by atoms with Gasteiger partial charge in [-0.15, -0.1) is 0 Å². The second-order valence-electron chi connectivity index (χ2n) is 15.4. The number of benzene rings is 6. The van der Waals surface area contributed by atoms with Crippen molar-refractivity contribution in [3.63, 3.8) is 0 Å². The summed E-state index contributed by atoms with van der Waals surface area (Å²) in [6.45, 7) is 9.26. The minimum absolute atomic E-state index is 0.221. The van der Waals surface area contributed by atoms with Crippen LogP contribution in [0.4, 0.5) is 34.1 Å². The van der Waals surface area contributed by atoms with Crippen LogP contribution in [0.1, 0.15) is 49.9 Å². The Bertz CT molecular complexity index is 2490. The van der Waals surface area contributed by atoms with Crippen molar-refractivity contribution in [3.05, 3.63) is 181 Å². The van der Waals surface area contributed by atoms with Crippen molar-refractivity contribution in [2.45, 2.75) is 38.5 Å². The van der Waals surface area contributed by atoms with E-state index in [-0.39, 0.29) is 10.8 Å². The molecule has 4 heterocycles. The Hall–Kier alpha value is -7.06. The summed E-state index contributed by atoms with van der Waals surface area (Å²) in [5, 5.41) is 0. The molecule has 2 aromatic heterocycles. The molecule has 10 rings (SSSR count). The fourth-order valence-electron chi connectivity index (χ4n) is 8.80. The van der Waals surface area contributed by atoms with E-state index < -0.39 is 0 Å². The van der Waals surface area contributed by atoms with E-state index in [0.717, 1.165) is 56.4 Å². The Morgan fingerprint density at radius 3 is 0.982 bits per heavy atom. The molecule has 2 aliphatic rings. The third-order valence-corrected chi connectivity index (χ3v) is 11.5. The van der Waals surface area contributed by atoms with Crippen LogP contribution in [0, 0.1) is 0 Å². The molecule has 0 radical (unpaired) electrons. The SMILES string of the molecule is CC1(C)c2ccccc2N(c2cc(-c3ncncn3)ccc2-c2ccc(-c3ncncn3)cc2N2c3ccccc3C(C)(C)c3ccccc32)c2ccccc21. The van der Waals surface area contributed by atoms with Crippen LogP contribution in [-0.2, 0) is 10.8 Å². The van der Waals surface area contributed by atoms with Gasteiger partial charge in [-0.2, -0.15) is 0 Å². The lowest BCUT2D eigenvalue weighted by molar-refractivity contribution is 0.631. The molecule has 0 saturated heterocycles. The minimum atomic E-state index is -0.221. The third kappa shape index (κ3) is 5.13. The van der Waals surface area contributed by atoms with E-state index in [1.807, 2.05) is 0 Å². The quantitative estimate of drug-likeness (QED) is 0.173. The number of hydrogen-bond acceptors (Lipinski definition) is 8. The van der Waals surface area contributed by atoms with Gasteiger partial charge < -0.3 is 9.80 Å². The lowest BCUT2D eigenvalue weighted by atomic mass is 9.73. The maximum absolute atomic E-state index is 4.58. The van der Waals surface area contributed by atoms with Crippen molar-refractivity contribution in [2.75, 3.05) is 9.80 Å². The van der Waals surface area contributed by atoms with E-state index in [9.17, 15) is 0 Å². The predicted octanol–water partition coefficient (Wildman–Crippen LogP) is 11.3. The van der Waals surface area contributed by atoms with Gasteiger partial charge in [-0.05, 0) is 58.7 Å². The third-order valence-electron chi connectivity index (χ3n) is 11.5. The molecule has 0 N–H and O–H groups in total. The Balaban J connectivity index is 1.30. The molecule has 0 unspecified atom stereocenters. The molecule has 56 heavy (non-hydrogen) atoms. The first kappa shape index (κ1) is 33.5. The number of nitrogens with zero attached hydrogens (tertiary/aromatic N) is 8. The molecule has 0 fully saturated rings. The largest absolute Gasteiger partial charge is 0.309 e. The zero-order valence-electron chi connectivity index (χ0n) is 31.6. The van der Waals surface area contributed by atoms with Crippen LogP contribution in [0.3, 0.4) is 0 Å². The highest BCUT2D eigenvalue weighted by molar-refractivity contribution is 6.00. The zero-order valence-corrected chi connectivity index (χ0v) is 31.6. The molecule has 0 spiro atoms. The molecule has 8 heteroatoms. The van der Waals surface area contributed by atoms with Gasteiger partial charge in [-0.25, -0.2) is 29.9 Å². The van der Waals surface area contributed by atoms with Gasteiger partial charge in [-0.1, -0.05) is 125 Å². The molecule has 6 aromatic carbocycles. The minimum Gasteiger partial charge on any atom is -0.309 e. The Morgan fingerprint density at radius 1 is 0.357 bits per heavy atom. The molecule has 0 atom stereocenters. The van der Waals surface area contributed by atoms with Crippen molar-refractivity contribution < 1.29 is 0 Å². The van der Waals surface area contributed by atoms with Crippen molar-refractivity contribution in [1.29, 1.82) is 0 Å². The summed E-state index contributed by atoms with van der Waals surface area (Å²) in [6, 6.07) is 48.1. The molecular formula is C48H38N8. The van der Waals surface area contributed by atoms with Gasteiger partial charge in [0.15, 0.2) is 11.6 Å². The monoisotopic (exact) mass is 726 g/mol. The van der Waals surface area contributed by atoms with Crippen molar-refractivity contribution in [3.8, 4) is 33.9 Å². The first-order chi connectivity index (χ1) is 27.3. The van der Waals surface area contributed by atoms with Crippen LogP contribution in [0.2, 0.25) is 0 Å². The summed E-state index contributed by atoms with van der Waals surface area (Å²) in [6.07, 6.45) is 6.20. The van der Waals surface area contributed by atoms with E-state index >= 15 is 0 Å². The van der Waals surface area contributed by atoms with E-state index in [4.69, 9.17) is 0 Å². The van der Waals surface area contributed by atoms with E-state index in [1.165, 1.54) is 22.3 Å². The fourth-order valence-corrected chi connectivity index (χ4v) is 8.80. The summed E-state index contributed by atoms with van der Waals surface area (Å²) >= 11 is 0. The zero-order chi connectivity index (χ0) is 38.0. The molecular weight excluding hydrogens is 689 g/mol. The van der Waals surface area contributed by atoms with Crippen LogP contribution in [0.5, 0.6) is 0 Å². The van der Waals surface area contributed by atoms with Crippen molar-refractivity contribution >= 4 is 34.1 Å². The lowest BCUT2D eigenvalue weighted by Crippen LogP contribution is -2.31. The van der Waals surface area contributed by atoms with Gasteiger partial charge in [0.25, 0.3) is 0 Å². The highest BCUT2D eigenvalue weighted by Crippen LogP contribution is 2.57. The van der Waals surface area contributed by atoms with Crippen LogP contribution in [-0.4, -0.2) is 29.9 Å². The van der Waals surface area contributed by atoms with Crippen LogP contribution in [0.15, 0.2) is 159 Å². The van der Waals surface area contributed by atoms with Gasteiger partial charge in [0.1, 0.15) is 25.3 Å². The average molecular weight is 727 g/mol. The standard InChI is InChI=1S/C48H38N8/c1-47(2)35-13-5-9-17-39(35)55(40-18-10-6-14-36(40)47)43-25-31(45-51-27-49-28-52-45)21-23-33(43)34-24-22-32(46-53-29-50-30-54-46)26-44(34)56-41-19-11-7-15-37(41)48(3,4)38-16-8-12-20-42(38)56/h5-30H,1-4H3. The Morgan fingerprint density at radius 2 is 0.661 bits per heavy atom. The molecule has 0 amide bonds. The highest BCUT2D eigenvalue weighted by atomic mass is 15.2. The van der Waals surface area contributed by atoms with Gasteiger partial charge in [0.2, 0.25) is 0 Å². The number of aromatic nitrogens is 6. The van der Waals surface area contributed by atoms with Crippen LogP contribution < -0.4 is 9.80 Å². The Labute approximate surface area is 326 Å². The van der Waals surface area contributed by atoms with E-state index in [1.54, 1.807) is 25.3 Å². The normalized spacial score (nSPS) is 14.6. The van der Waals surface area contributed by atoms with Crippen LogP contribution in [0.25, 0.3) is 33.9 Å². The number of anilines is 6. The maximum Gasteiger partial charge on any atom is 0.162 e. The maximum atomic E-state index is 4.58. The van der Waals surface area contributed by atoms with Crippen LogP contribution >= 0.6 is 0 Å². The predicted molar refractivity (Wildman–Crippen MR) is 223 cm³/mol. The number of para-hydroxylation sites is 4. The van der Waals surface area contributed by atoms with E-state index in [0.29, 0.717) is 11.6 Å². The number of rotatable bonds is 5. The molecule has 0 aliphatic carbocycles. The number of fused-ring (bicyclic) bond motifs is 4. The summed E-state index contributed by atoms with van der Waals surface area (Å²) in [7, 11) is 0. The fraction of sp³-hybridized carbons (Fsp3) is 0.125. The molecule has 0 bridgehead atoms. The van der Waals surface area contributed by atoms with Crippen molar-refractivity contribution in [1.82, 2.24) is 29.9 Å². The smallest absolute Gasteiger partial charge is 0.162 e. The summed E-state index contributed by atoms with van der Waals surface area (Å²) in [5.74, 6) is 1.22. The molecule has 8 aromatic rings. The molecule has 8 nitrogen and oxygen atoms in total. The van der Waals surface area contributed by atoms with Gasteiger partial charge in [0, 0.05) is 33.1 Å². The lowest BCUT2D eigenvalue weighted by Gasteiger charge is -2.43. The molecule has 2 aliphatic heterocycles. The molecule has 270 valence electrons. The van der Waals surface area contributed by atoms with Gasteiger partial charge >= 0.3 is 0 Å². The summed E-state index contributed by atoms with van der Waals surface area (Å²) < 4.78 is 0. The topological polar surface area (TPSA) is 83.8 Å². The highest BCUT2D eigenvalue weighted by Gasteiger charge is 2.39. The summed E-state index contributed by atoms with van der Waals surface area (Å²) in [5.41, 5.74) is 15.0. The van der Waals surface area contributed by atoms with Gasteiger partial charge in [0.05, 0.1) is 34.1 Å². The van der Waals surface area contributed by atoms with Gasteiger partial charge in [-0.3, -0.25) is 0 Å².